The summed E-state index contributed by atoms with van der Waals surface area (Å²) < 4.78 is 13.5. The quantitative estimate of drug-likeness (QED) is 0.846. The Morgan fingerprint density at radius 1 is 1.21 bits per heavy atom. The fraction of sp³-hybridized carbons (Fsp3) is 0.400. The van der Waals surface area contributed by atoms with E-state index < -0.39 is 0 Å². The van der Waals surface area contributed by atoms with Gasteiger partial charge >= 0.3 is 0 Å². The van der Waals surface area contributed by atoms with Gasteiger partial charge in [-0.05, 0) is 43.9 Å². The Hall–Kier alpha value is -1.26. The molecular weight excluding hydrogens is 259 g/mol. The van der Waals surface area contributed by atoms with Gasteiger partial charge in [0.15, 0.2) is 0 Å². The van der Waals surface area contributed by atoms with Crippen molar-refractivity contribution in [2.24, 2.45) is 0 Å². The molecule has 1 N–H and O–H groups in total. The molecule has 0 radical (unpaired) electrons. The van der Waals surface area contributed by atoms with Gasteiger partial charge < -0.3 is 5.32 Å². The van der Waals surface area contributed by atoms with Crippen molar-refractivity contribution >= 4 is 11.3 Å². The van der Waals surface area contributed by atoms with Gasteiger partial charge in [-0.15, -0.1) is 11.3 Å². The Morgan fingerprint density at radius 3 is 2.47 bits per heavy atom. The summed E-state index contributed by atoms with van der Waals surface area (Å²) in [6, 6.07) is 3.82. The summed E-state index contributed by atoms with van der Waals surface area (Å²) in [6.45, 7) is 7.36. The van der Waals surface area contributed by atoms with Crippen LogP contribution in [0.15, 0.2) is 17.6 Å². The molecule has 0 aliphatic carbocycles. The molecule has 1 aromatic carbocycles. The third-order valence-corrected chi connectivity index (χ3v) is 4.19. The Morgan fingerprint density at radius 2 is 1.89 bits per heavy atom. The molecule has 0 fully saturated rings. The molecule has 1 aromatic heterocycles. The maximum atomic E-state index is 13.5. The van der Waals surface area contributed by atoms with E-state index >= 15 is 0 Å². The molecule has 0 unspecified atom stereocenters. The van der Waals surface area contributed by atoms with E-state index in [1.807, 2.05) is 38.4 Å². The highest BCUT2D eigenvalue weighted by molar-refractivity contribution is 7.09. The van der Waals surface area contributed by atoms with E-state index in [1.165, 1.54) is 4.88 Å². The van der Waals surface area contributed by atoms with Crippen LogP contribution in [0, 0.1) is 26.6 Å². The number of hydrogen-bond donors (Lipinski definition) is 1. The van der Waals surface area contributed by atoms with Gasteiger partial charge in [0.2, 0.25) is 0 Å². The second kappa shape index (κ2) is 6.26. The molecule has 102 valence electrons. The first-order valence-electron chi connectivity index (χ1n) is 6.43. The van der Waals surface area contributed by atoms with E-state index in [2.05, 4.69) is 10.3 Å². The van der Waals surface area contributed by atoms with E-state index in [9.17, 15) is 4.39 Å². The summed E-state index contributed by atoms with van der Waals surface area (Å²) >= 11 is 1.70. The smallest absolute Gasteiger partial charge is 0.129 e. The van der Waals surface area contributed by atoms with Crippen LogP contribution in [0.4, 0.5) is 4.39 Å². The number of hydrogen-bond acceptors (Lipinski definition) is 3. The molecule has 0 amide bonds. The zero-order valence-electron chi connectivity index (χ0n) is 11.6. The molecule has 19 heavy (non-hydrogen) atoms. The van der Waals surface area contributed by atoms with Crippen molar-refractivity contribution < 1.29 is 4.39 Å². The number of nitrogens with zero attached hydrogens (tertiary/aromatic N) is 1. The van der Waals surface area contributed by atoms with Crippen LogP contribution in [0.5, 0.6) is 0 Å². The Balaban J connectivity index is 1.85. The lowest BCUT2D eigenvalue weighted by molar-refractivity contribution is 0.606. The largest absolute Gasteiger partial charge is 0.312 e. The number of nitrogens with one attached hydrogen (secondary N) is 1. The van der Waals surface area contributed by atoms with Gasteiger partial charge in [0.25, 0.3) is 0 Å². The molecule has 1 heterocycles. The van der Waals surface area contributed by atoms with Crippen LogP contribution in [0.2, 0.25) is 0 Å². The summed E-state index contributed by atoms with van der Waals surface area (Å²) in [6.07, 6.45) is 0.996. The highest BCUT2D eigenvalue weighted by Crippen LogP contribution is 2.15. The predicted molar refractivity (Wildman–Crippen MR) is 78.1 cm³/mol. The summed E-state index contributed by atoms with van der Waals surface area (Å²) in [7, 11) is 0. The highest BCUT2D eigenvalue weighted by Gasteiger charge is 2.04. The molecule has 2 aromatic rings. The summed E-state index contributed by atoms with van der Waals surface area (Å²) in [5.74, 6) is -0.0935. The minimum absolute atomic E-state index is 0.0935. The second-order valence-electron chi connectivity index (χ2n) is 4.83. The SMILES string of the molecule is Cc1cc(CNCCc2scnc2C)cc(C)c1F. The van der Waals surface area contributed by atoms with Crippen LogP contribution in [0.3, 0.4) is 0 Å². The number of rotatable bonds is 5. The Labute approximate surface area is 117 Å². The van der Waals surface area contributed by atoms with Crippen molar-refractivity contribution in [2.45, 2.75) is 33.7 Å². The Kier molecular flexibility index (Phi) is 4.66. The lowest BCUT2D eigenvalue weighted by atomic mass is 10.1. The minimum Gasteiger partial charge on any atom is -0.312 e. The first-order valence-corrected chi connectivity index (χ1v) is 7.31. The van der Waals surface area contributed by atoms with Crippen molar-refractivity contribution in [3.05, 3.63) is 50.7 Å². The summed E-state index contributed by atoms with van der Waals surface area (Å²) in [5.41, 5.74) is 5.58. The number of thiazole rings is 1. The van der Waals surface area contributed by atoms with E-state index in [4.69, 9.17) is 0 Å². The zero-order valence-corrected chi connectivity index (χ0v) is 12.4. The number of halogens is 1. The van der Waals surface area contributed by atoms with Crippen LogP contribution in [-0.2, 0) is 13.0 Å². The molecular formula is C15H19FN2S. The van der Waals surface area contributed by atoms with Crippen LogP contribution in [0.25, 0.3) is 0 Å². The van der Waals surface area contributed by atoms with E-state index in [1.54, 1.807) is 11.3 Å². The maximum Gasteiger partial charge on any atom is 0.129 e. The van der Waals surface area contributed by atoms with Crippen LogP contribution < -0.4 is 5.32 Å². The highest BCUT2D eigenvalue weighted by atomic mass is 32.1. The number of aryl methyl sites for hydroxylation is 3. The van der Waals surface area contributed by atoms with Crippen LogP contribution >= 0.6 is 11.3 Å². The van der Waals surface area contributed by atoms with Gasteiger partial charge in [-0.1, -0.05) is 12.1 Å². The van der Waals surface area contributed by atoms with E-state index in [0.29, 0.717) is 0 Å². The standard InChI is InChI=1S/C15H19FN2S/c1-10-6-13(7-11(2)15(10)16)8-17-5-4-14-12(3)18-9-19-14/h6-7,9,17H,4-5,8H2,1-3H3. The lowest BCUT2D eigenvalue weighted by Crippen LogP contribution is -2.17. The number of benzene rings is 1. The van der Waals surface area contributed by atoms with E-state index in [0.717, 1.165) is 41.9 Å². The van der Waals surface area contributed by atoms with Crippen molar-refractivity contribution in [3.63, 3.8) is 0 Å². The molecule has 0 atom stereocenters. The molecule has 0 aliphatic rings. The minimum atomic E-state index is -0.0935. The van der Waals surface area contributed by atoms with Gasteiger partial charge in [-0.3, -0.25) is 0 Å². The molecule has 2 rings (SSSR count). The summed E-state index contributed by atoms with van der Waals surface area (Å²) in [5, 5.41) is 3.40. The Bertz CT molecular complexity index is 540. The fourth-order valence-electron chi connectivity index (χ4n) is 2.14. The van der Waals surface area contributed by atoms with Crippen molar-refractivity contribution in [2.75, 3.05) is 6.54 Å². The fourth-order valence-corrected chi connectivity index (χ4v) is 2.92. The van der Waals surface area contributed by atoms with Gasteiger partial charge in [0.05, 0.1) is 11.2 Å². The molecule has 0 saturated carbocycles. The first kappa shape index (κ1) is 14.2. The van der Waals surface area contributed by atoms with Crippen molar-refractivity contribution in [1.29, 1.82) is 0 Å². The molecule has 0 aliphatic heterocycles. The topological polar surface area (TPSA) is 24.9 Å². The first-order chi connectivity index (χ1) is 9.08. The average Bonchev–Trinajstić information content (AvgIpc) is 2.77. The molecule has 2 nitrogen and oxygen atoms in total. The lowest BCUT2D eigenvalue weighted by Gasteiger charge is -2.08. The van der Waals surface area contributed by atoms with E-state index in [-0.39, 0.29) is 5.82 Å². The van der Waals surface area contributed by atoms with Crippen LogP contribution in [0.1, 0.15) is 27.3 Å². The van der Waals surface area contributed by atoms with Gasteiger partial charge in [0, 0.05) is 18.0 Å². The van der Waals surface area contributed by atoms with Crippen LogP contribution in [-0.4, -0.2) is 11.5 Å². The molecule has 0 saturated heterocycles. The van der Waals surface area contributed by atoms with Crippen molar-refractivity contribution in [3.8, 4) is 0 Å². The van der Waals surface area contributed by atoms with Crippen molar-refractivity contribution in [1.82, 2.24) is 10.3 Å². The van der Waals surface area contributed by atoms with Gasteiger partial charge in [-0.25, -0.2) is 9.37 Å². The third-order valence-electron chi connectivity index (χ3n) is 3.20. The predicted octanol–water partition coefficient (Wildman–Crippen LogP) is 3.54. The normalized spacial score (nSPS) is 10.9. The maximum absolute atomic E-state index is 13.5. The molecule has 0 bridgehead atoms. The van der Waals surface area contributed by atoms with Gasteiger partial charge in [-0.2, -0.15) is 0 Å². The molecule has 4 heteroatoms. The second-order valence-corrected chi connectivity index (χ2v) is 5.77. The third kappa shape index (κ3) is 3.61. The van der Waals surface area contributed by atoms with Gasteiger partial charge in [0.1, 0.15) is 5.82 Å². The zero-order chi connectivity index (χ0) is 13.8. The summed E-state index contributed by atoms with van der Waals surface area (Å²) in [4.78, 5) is 5.57. The monoisotopic (exact) mass is 278 g/mol. The average molecular weight is 278 g/mol. The number of aromatic nitrogens is 1. The molecule has 0 spiro atoms.